The van der Waals surface area contributed by atoms with Gasteiger partial charge >= 0.3 is 5.97 Å². The largest absolute Gasteiger partial charge is 0.476 e. The molecule has 0 saturated heterocycles. The average Bonchev–Trinajstić information content (AvgIpc) is 2.85. The standard InChI is InChI=1S/C15H17NO4/c17-13(12-4-11(14(18)19)16-20-12)15-5-8-1-9(6-15)3-10(2-8)7-15/h4,8-10H,1-3,5-7H2,(H,18,19). The van der Waals surface area contributed by atoms with E-state index in [1.54, 1.807) is 0 Å². The molecule has 4 fully saturated rings. The molecule has 1 N–H and O–H groups in total. The van der Waals surface area contributed by atoms with Gasteiger partial charge in [-0.1, -0.05) is 5.16 Å². The van der Waals surface area contributed by atoms with Gasteiger partial charge < -0.3 is 9.63 Å². The second-order valence-corrected chi connectivity index (χ2v) is 6.91. The van der Waals surface area contributed by atoms with Crippen molar-refractivity contribution in [2.45, 2.75) is 38.5 Å². The van der Waals surface area contributed by atoms with Gasteiger partial charge in [0.2, 0.25) is 11.5 Å². The van der Waals surface area contributed by atoms with E-state index in [1.807, 2.05) is 0 Å². The van der Waals surface area contributed by atoms with Crippen molar-refractivity contribution >= 4 is 11.8 Å². The summed E-state index contributed by atoms with van der Waals surface area (Å²) in [6.45, 7) is 0. The van der Waals surface area contributed by atoms with Crippen LogP contribution in [-0.2, 0) is 0 Å². The molecule has 0 aromatic carbocycles. The van der Waals surface area contributed by atoms with Gasteiger partial charge in [0.05, 0.1) is 0 Å². The number of hydrogen-bond acceptors (Lipinski definition) is 4. The third-order valence-corrected chi connectivity index (χ3v) is 5.47. The number of ketones is 1. The third kappa shape index (κ3) is 1.65. The van der Waals surface area contributed by atoms with E-state index >= 15 is 0 Å². The molecule has 0 aliphatic heterocycles. The number of aromatic carboxylic acids is 1. The maximum absolute atomic E-state index is 12.8. The number of carboxylic acid groups (broad SMARTS) is 1. The second kappa shape index (κ2) is 3.93. The molecule has 0 unspecified atom stereocenters. The van der Waals surface area contributed by atoms with Gasteiger partial charge in [0.25, 0.3) is 0 Å². The Morgan fingerprint density at radius 1 is 1.15 bits per heavy atom. The first kappa shape index (κ1) is 12.1. The molecule has 4 bridgehead atoms. The number of aromatic nitrogens is 1. The molecule has 0 amide bonds. The van der Waals surface area contributed by atoms with Crippen LogP contribution in [0.3, 0.4) is 0 Å². The molecule has 4 saturated carbocycles. The lowest BCUT2D eigenvalue weighted by Gasteiger charge is -2.55. The van der Waals surface area contributed by atoms with Gasteiger partial charge in [0.1, 0.15) is 0 Å². The number of carbonyl (C=O) groups excluding carboxylic acids is 1. The predicted molar refractivity (Wildman–Crippen MR) is 68.4 cm³/mol. The summed E-state index contributed by atoms with van der Waals surface area (Å²) in [6, 6.07) is 1.28. The zero-order chi connectivity index (χ0) is 13.9. The summed E-state index contributed by atoms with van der Waals surface area (Å²) in [5.74, 6) is 0.977. The summed E-state index contributed by atoms with van der Waals surface area (Å²) in [6.07, 6.45) is 6.64. The van der Waals surface area contributed by atoms with Crippen LogP contribution in [0.25, 0.3) is 0 Å². The van der Waals surface area contributed by atoms with Crippen LogP contribution in [-0.4, -0.2) is 22.0 Å². The fourth-order valence-electron chi connectivity index (χ4n) is 5.13. The van der Waals surface area contributed by atoms with Crippen molar-refractivity contribution in [2.75, 3.05) is 0 Å². The van der Waals surface area contributed by atoms with Crippen molar-refractivity contribution in [3.8, 4) is 0 Å². The molecule has 5 nitrogen and oxygen atoms in total. The Labute approximate surface area is 116 Å². The van der Waals surface area contributed by atoms with Gasteiger partial charge in [-0.25, -0.2) is 4.79 Å². The minimum absolute atomic E-state index is 0.0170. The summed E-state index contributed by atoms with van der Waals surface area (Å²) in [7, 11) is 0. The van der Waals surface area contributed by atoms with E-state index in [4.69, 9.17) is 9.63 Å². The third-order valence-electron chi connectivity index (χ3n) is 5.47. The fraction of sp³-hybridized carbons (Fsp3) is 0.667. The summed E-state index contributed by atoms with van der Waals surface area (Å²) < 4.78 is 5.00. The van der Waals surface area contributed by atoms with Crippen LogP contribution in [0.2, 0.25) is 0 Å². The normalized spacial score (nSPS) is 38.1. The molecular weight excluding hydrogens is 258 g/mol. The summed E-state index contributed by atoms with van der Waals surface area (Å²) in [4.78, 5) is 23.7. The summed E-state index contributed by atoms with van der Waals surface area (Å²) in [5.41, 5.74) is -0.484. The molecule has 5 heteroatoms. The highest BCUT2D eigenvalue weighted by atomic mass is 16.5. The predicted octanol–water partition coefficient (Wildman–Crippen LogP) is 2.77. The molecule has 106 valence electrons. The number of nitrogens with zero attached hydrogens (tertiary/aromatic N) is 1. The van der Waals surface area contributed by atoms with Crippen LogP contribution >= 0.6 is 0 Å². The van der Waals surface area contributed by atoms with E-state index in [0.717, 1.165) is 19.3 Å². The number of carbonyl (C=O) groups is 2. The van der Waals surface area contributed by atoms with Gasteiger partial charge in [-0.3, -0.25) is 4.79 Å². The Hall–Kier alpha value is -1.65. The number of hydrogen-bond donors (Lipinski definition) is 1. The number of Topliss-reactive ketones (excluding diaryl/α,β-unsaturated/α-hetero) is 1. The summed E-state index contributed by atoms with van der Waals surface area (Å²) in [5, 5.41) is 12.3. The SMILES string of the molecule is O=C(O)c1cc(C(=O)C23CC4CC(CC(C4)C2)C3)on1. The van der Waals surface area contributed by atoms with E-state index < -0.39 is 5.97 Å². The minimum atomic E-state index is -1.15. The van der Waals surface area contributed by atoms with E-state index in [2.05, 4.69) is 5.16 Å². The maximum Gasteiger partial charge on any atom is 0.358 e. The Kier molecular flexibility index (Phi) is 2.38. The minimum Gasteiger partial charge on any atom is -0.476 e. The maximum atomic E-state index is 12.8. The van der Waals surface area contributed by atoms with Crippen molar-refractivity contribution in [1.29, 1.82) is 0 Å². The first-order valence-electron chi connectivity index (χ1n) is 7.30. The number of rotatable bonds is 3. The van der Waals surface area contributed by atoms with Crippen LogP contribution < -0.4 is 0 Å². The highest BCUT2D eigenvalue weighted by Crippen LogP contribution is 2.60. The lowest BCUT2D eigenvalue weighted by atomic mass is 9.48. The van der Waals surface area contributed by atoms with Crippen LogP contribution in [0.15, 0.2) is 10.6 Å². The van der Waals surface area contributed by atoms with E-state index in [9.17, 15) is 9.59 Å². The van der Waals surface area contributed by atoms with Crippen LogP contribution in [0.5, 0.6) is 0 Å². The van der Waals surface area contributed by atoms with E-state index in [-0.39, 0.29) is 22.7 Å². The molecule has 0 radical (unpaired) electrons. The molecule has 4 aliphatic rings. The first-order chi connectivity index (χ1) is 9.56. The highest BCUT2D eigenvalue weighted by molar-refractivity contribution is 6.00. The monoisotopic (exact) mass is 275 g/mol. The number of carboxylic acids is 1. The fourth-order valence-corrected chi connectivity index (χ4v) is 5.13. The quantitative estimate of drug-likeness (QED) is 0.858. The molecular formula is C15H17NO4. The van der Waals surface area contributed by atoms with Crippen molar-refractivity contribution in [2.24, 2.45) is 23.2 Å². The molecule has 4 aliphatic carbocycles. The van der Waals surface area contributed by atoms with Gasteiger partial charge in [-0.2, -0.15) is 0 Å². The van der Waals surface area contributed by atoms with Crippen LogP contribution in [0.4, 0.5) is 0 Å². The highest BCUT2D eigenvalue weighted by Gasteiger charge is 2.55. The average molecular weight is 275 g/mol. The van der Waals surface area contributed by atoms with Crippen molar-refractivity contribution in [3.63, 3.8) is 0 Å². The Bertz CT molecular complexity index is 553. The van der Waals surface area contributed by atoms with Crippen LogP contribution in [0, 0.1) is 23.2 Å². The lowest BCUT2D eigenvalue weighted by molar-refractivity contribution is -0.0368. The van der Waals surface area contributed by atoms with Crippen molar-refractivity contribution < 1.29 is 19.2 Å². The van der Waals surface area contributed by atoms with Gasteiger partial charge in [0, 0.05) is 11.5 Å². The second-order valence-electron chi connectivity index (χ2n) is 6.91. The van der Waals surface area contributed by atoms with Gasteiger partial charge in [0.15, 0.2) is 5.69 Å². The zero-order valence-corrected chi connectivity index (χ0v) is 11.2. The van der Waals surface area contributed by atoms with Crippen molar-refractivity contribution in [3.05, 3.63) is 17.5 Å². The zero-order valence-electron chi connectivity index (χ0n) is 11.2. The van der Waals surface area contributed by atoms with E-state index in [1.165, 1.54) is 25.3 Å². The van der Waals surface area contributed by atoms with Crippen molar-refractivity contribution in [1.82, 2.24) is 5.16 Å². The molecule has 1 aromatic heterocycles. The van der Waals surface area contributed by atoms with E-state index in [0.29, 0.717) is 17.8 Å². The lowest BCUT2D eigenvalue weighted by Crippen LogP contribution is -2.49. The first-order valence-corrected chi connectivity index (χ1v) is 7.30. The van der Waals surface area contributed by atoms with Gasteiger partial charge in [-0.05, 0) is 56.3 Å². The topological polar surface area (TPSA) is 80.4 Å². The smallest absolute Gasteiger partial charge is 0.358 e. The Balaban J connectivity index is 1.66. The summed E-state index contributed by atoms with van der Waals surface area (Å²) >= 11 is 0. The molecule has 0 atom stereocenters. The molecule has 20 heavy (non-hydrogen) atoms. The Morgan fingerprint density at radius 3 is 2.15 bits per heavy atom. The van der Waals surface area contributed by atoms with Gasteiger partial charge in [-0.15, -0.1) is 0 Å². The molecule has 0 spiro atoms. The van der Waals surface area contributed by atoms with Crippen LogP contribution in [0.1, 0.15) is 59.6 Å². The Morgan fingerprint density at radius 2 is 1.70 bits per heavy atom. The molecule has 5 rings (SSSR count). The molecule has 1 heterocycles. The molecule has 1 aromatic rings.